The third-order valence-electron chi connectivity index (χ3n) is 9.74. The maximum Gasteiger partial charge on any atom is 0.0344 e. The largest absolute Gasteiger partial charge is 0.125 e. The summed E-state index contributed by atoms with van der Waals surface area (Å²) in [5, 5.41) is 0. The molecule has 3 heteroatoms. The molecule has 0 bridgehead atoms. The van der Waals surface area contributed by atoms with Crippen molar-refractivity contribution >= 4 is 35.3 Å². The molecule has 0 aliphatic rings. The van der Waals surface area contributed by atoms with Gasteiger partial charge in [-0.2, -0.15) is 0 Å². The van der Waals surface area contributed by atoms with Crippen molar-refractivity contribution in [3.8, 4) is 0 Å². The first-order valence-electron chi connectivity index (χ1n) is 21.3. The number of hydrogen-bond acceptors (Lipinski definition) is 3. The standard InChI is InChI=1S/C44H82S3/c1-5-9-12-15-18-21-24-27-30-33-36-45-42-39-41(8-4)40-43(46-37-34-31-28-25-22-19-16-13-10-6-2)44(42)47-38-35-32-29-26-23-20-17-14-11-7-3/h39-40H,5-38H2,1-4H3. The van der Waals surface area contributed by atoms with Crippen molar-refractivity contribution < 1.29 is 0 Å². The first kappa shape index (κ1) is 45.3. The van der Waals surface area contributed by atoms with Gasteiger partial charge in [0.15, 0.2) is 0 Å². The Morgan fingerprint density at radius 2 is 0.574 bits per heavy atom. The zero-order chi connectivity index (χ0) is 33.9. The van der Waals surface area contributed by atoms with E-state index in [2.05, 4.69) is 75.1 Å². The maximum absolute atomic E-state index is 2.56. The van der Waals surface area contributed by atoms with Crippen LogP contribution in [0.15, 0.2) is 26.8 Å². The van der Waals surface area contributed by atoms with E-state index in [9.17, 15) is 0 Å². The van der Waals surface area contributed by atoms with E-state index in [0.717, 1.165) is 6.42 Å². The van der Waals surface area contributed by atoms with Gasteiger partial charge in [-0.15, -0.1) is 35.3 Å². The van der Waals surface area contributed by atoms with Crippen LogP contribution in [0.3, 0.4) is 0 Å². The monoisotopic (exact) mass is 707 g/mol. The van der Waals surface area contributed by atoms with Gasteiger partial charge < -0.3 is 0 Å². The van der Waals surface area contributed by atoms with Crippen LogP contribution in [0.5, 0.6) is 0 Å². The minimum absolute atomic E-state index is 1.15. The predicted octanol–water partition coefficient (Wildman–Crippen LogP) is 17.3. The topological polar surface area (TPSA) is 0 Å². The van der Waals surface area contributed by atoms with Crippen LogP contribution >= 0.6 is 35.3 Å². The minimum Gasteiger partial charge on any atom is -0.125 e. The van der Waals surface area contributed by atoms with E-state index in [1.165, 1.54) is 210 Å². The van der Waals surface area contributed by atoms with E-state index in [4.69, 9.17) is 0 Å². The van der Waals surface area contributed by atoms with Gasteiger partial charge >= 0.3 is 0 Å². The fourth-order valence-electron chi connectivity index (χ4n) is 6.50. The van der Waals surface area contributed by atoms with Crippen LogP contribution in [0.2, 0.25) is 0 Å². The summed E-state index contributed by atoms with van der Waals surface area (Å²) in [6, 6.07) is 5.12. The molecule has 1 aromatic carbocycles. The first-order valence-corrected chi connectivity index (χ1v) is 24.3. The van der Waals surface area contributed by atoms with Crippen molar-refractivity contribution in [2.24, 2.45) is 0 Å². The number of rotatable bonds is 37. The first-order chi connectivity index (χ1) is 23.3. The summed E-state index contributed by atoms with van der Waals surface area (Å²) in [7, 11) is 0. The van der Waals surface area contributed by atoms with Crippen molar-refractivity contribution in [1.29, 1.82) is 0 Å². The minimum atomic E-state index is 1.15. The molecule has 47 heavy (non-hydrogen) atoms. The summed E-state index contributed by atoms with van der Waals surface area (Å²) in [5.41, 5.74) is 1.55. The highest BCUT2D eigenvalue weighted by Crippen LogP contribution is 2.41. The lowest BCUT2D eigenvalue weighted by Gasteiger charge is -2.16. The molecule has 0 saturated carbocycles. The Kier molecular flexibility index (Phi) is 34.8. The van der Waals surface area contributed by atoms with Crippen molar-refractivity contribution in [2.45, 2.75) is 241 Å². The smallest absolute Gasteiger partial charge is 0.0344 e. The van der Waals surface area contributed by atoms with E-state index in [1.807, 2.05) is 0 Å². The fourth-order valence-corrected chi connectivity index (χ4v) is 10.3. The molecule has 0 aliphatic carbocycles. The van der Waals surface area contributed by atoms with Gasteiger partial charge in [0.05, 0.1) is 0 Å². The van der Waals surface area contributed by atoms with E-state index in [1.54, 1.807) is 20.2 Å². The second-order valence-corrected chi connectivity index (χ2v) is 17.7. The van der Waals surface area contributed by atoms with Gasteiger partial charge in [0, 0.05) is 14.7 Å². The van der Waals surface area contributed by atoms with Crippen LogP contribution in [-0.4, -0.2) is 17.3 Å². The summed E-state index contributed by atoms with van der Waals surface area (Å²) in [6.45, 7) is 9.29. The van der Waals surface area contributed by atoms with Crippen LogP contribution in [-0.2, 0) is 6.42 Å². The van der Waals surface area contributed by atoms with Crippen molar-refractivity contribution in [1.82, 2.24) is 0 Å². The number of aryl methyl sites for hydroxylation is 1. The van der Waals surface area contributed by atoms with Crippen molar-refractivity contribution in [3.05, 3.63) is 17.7 Å². The lowest BCUT2D eigenvalue weighted by Crippen LogP contribution is -1.94. The summed E-state index contributed by atoms with van der Waals surface area (Å²) < 4.78 is 0. The molecular weight excluding hydrogens is 625 g/mol. The molecule has 0 aliphatic heterocycles. The second kappa shape index (κ2) is 36.1. The zero-order valence-corrected chi connectivity index (χ0v) is 34.9. The molecule has 0 N–H and O–H groups in total. The third-order valence-corrected chi connectivity index (χ3v) is 13.5. The molecule has 0 amide bonds. The Bertz CT molecular complexity index is 728. The quantitative estimate of drug-likeness (QED) is 0.0499. The van der Waals surface area contributed by atoms with Gasteiger partial charge in [-0.1, -0.05) is 201 Å². The van der Waals surface area contributed by atoms with Crippen LogP contribution < -0.4 is 0 Å². The van der Waals surface area contributed by atoms with Crippen LogP contribution in [0.1, 0.15) is 226 Å². The highest BCUT2D eigenvalue weighted by Gasteiger charge is 2.13. The van der Waals surface area contributed by atoms with Crippen molar-refractivity contribution in [3.63, 3.8) is 0 Å². The average Bonchev–Trinajstić information content (AvgIpc) is 3.09. The van der Waals surface area contributed by atoms with Crippen LogP contribution in [0.25, 0.3) is 0 Å². The van der Waals surface area contributed by atoms with Gasteiger partial charge in [0.25, 0.3) is 0 Å². The Hall–Kier alpha value is 0.270. The molecule has 0 spiro atoms. The molecule has 0 radical (unpaired) electrons. The molecule has 0 aromatic heterocycles. The summed E-state index contributed by atoms with van der Waals surface area (Å²) >= 11 is 6.55. The number of unbranched alkanes of at least 4 members (excludes halogenated alkanes) is 27. The summed E-state index contributed by atoms with van der Waals surface area (Å²) in [4.78, 5) is 4.83. The van der Waals surface area contributed by atoms with E-state index in [0.29, 0.717) is 0 Å². The molecule has 0 atom stereocenters. The normalized spacial score (nSPS) is 11.6. The predicted molar refractivity (Wildman–Crippen MR) is 224 cm³/mol. The van der Waals surface area contributed by atoms with Crippen molar-refractivity contribution in [2.75, 3.05) is 17.3 Å². The fraction of sp³-hybridized carbons (Fsp3) is 0.864. The zero-order valence-electron chi connectivity index (χ0n) is 32.4. The molecule has 0 heterocycles. The molecule has 1 rings (SSSR count). The van der Waals surface area contributed by atoms with Gasteiger partial charge in [-0.05, 0) is 60.6 Å². The maximum atomic E-state index is 2.56. The van der Waals surface area contributed by atoms with E-state index in [-0.39, 0.29) is 0 Å². The molecule has 0 unspecified atom stereocenters. The number of benzene rings is 1. The molecule has 0 fully saturated rings. The highest BCUT2D eigenvalue weighted by atomic mass is 32.2. The molecule has 0 saturated heterocycles. The Morgan fingerprint density at radius 3 is 0.851 bits per heavy atom. The average molecular weight is 707 g/mol. The molecule has 0 nitrogen and oxygen atoms in total. The van der Waals surface area contributed by atoms with E-state index < -0.39 is 0 Å². The lowest BCUT2D eigenvalue weighted by atomic mass is 10.1. The van der Waals surface area contributed by atoms with Crippen LogP contribution in [0.4, 0.5) is 0 Å². The summed E-state index contributed by atoms with van der Waals surface area (Å²) in [5.74, 6) is 3.87. The Morgan fingerprint density at radius 1 is 0.319 bits per heavy atom. The van der Waals surface area contributed by atoms with Crippen LogP contribution in [0, 0.1) is 0 Å². The number of thioether (sulfide) groups is 3. The third kappa shape index (κ3) is 27.6. The molecule has 1 aromatic rings. The summed E-state index contributed by atoms with van der Waals surface area (Å²) in [6.07, 6.45) is 44.0. The van der Waals surface area contributed by atoms with Gasteiger partial charge in [0.1, 0.15) is 0 Å². The molecular formula is C44H82S3. The SMILES string of the molecule is CCCCCCCCCCCCSc1cc(CC)cc(SCCCCCCCCCCCC)c1SCCCCCCCCCCCC. The van der Waals surface area contributed by atoms with E-state index >= 15 is 0 Å². The van der Waals surface area contributed by atoms with Gasteiger partial charge in [0.2, 0.25) is 0 Å². The Balaban J connectivity index is 2.54. The molecule has 276 valence electrons. The Labute approximate surface area is 310 Å². The van der Waals surface area contributed by atoms with Gasteiger partial charge in [-0.3, -0.25) is 0 Å². The highest BCUT2D eigenvalue weighted by molar-refractivity contribution is 8.03. The number of hydrogen-bond donors (Lipinski definition) is 0. The lowest BCUT2D eigenvalue weighted by molar-refractivity contribution is 0.563. The van der Waals surface area contributed by atoms with Gasteiger partial charge in [-0.25, -0.2) is 0 Å². The second-order valence-electron chi connectivity index (χ2n) is 14.4.